The minimum absolute atomic E-state index is 0.457. The van der Waals surface area contributed by atoms with Gasteiger partial charge in [0.15, 0.2) is 5.82 Å². The normalized spacial score (nSPS) is 18.3. The minimum Gasteiger partial charge on any atom is -0.381 e. The van der Waals surface area contributed by atoms with Crippen molar-refractivity contribution in [2.24, 2.45) is 5.84 Å². The van der Waals surface area contributed by atoms with Crippen molar-refractivity contribution in [3.05, 3.63) is 17.1 Å². The van der Waals surface area contributed by atoms with Gasteiger partial charge in [-0.05, 0) is 13.3 Å². The van der Waals surface area contributed by atoms with Crippen molar-refractivity contribution in [3.8, 4) is 0 Å². The summed E-state index contributed by atoms with van der Waals surface area (Å²) >= 11 is 0. The Morgan fingerprint density at radius 3 is 2.58 bits per heavy atom. The van der Waals surface area contributed by atoms with Gasteiger partial charge in [-0.2, -0.15) is 0 Å². The molecule has 0 amide bonds. The molecule has 106 valence electrons. The molecule has 0 bridgehead atoms. The van der Waals surface area contributed by atoms with Gasteiger partial charge in [-0.25, -0.2) is 15.8 Å². The lowest BCUT2D eigenvalue weighted by Gasteiger charge is -2.34. The molecule has 1 aromatic rings. The van der Waals surface area contributed by atoms with Gasteiger partial charge in [0, 0.05) is 44.4 Å². The Kier molecular flexibility index (Phi) is 4.34. The third-order valence-electron chi connectivity index (χ3n) is 3.82. The van der Waals surface area contributed by atoms with Gasteiger partial charge in [0.1, 0.15) is 11.4 Å². The van der Waals surface area contributed by atoms with Crippen LogP contribution >= 0.6 is 0 Å². The molecule has 2 rings (SSSR count). The zero-order valence-corrected chi connectivity index (χ0v) is 11.8. The van der Waals surface area contributed by atoms with Crippen LogP contribution in [0.15, 0.2) is 0 Å². The summed E-state index contributed by atoms with van der Waals surface area (Å²) in [5, 5.41) is 0. The van der Waals surface area contributed by atoms with E-state index < -0.39 is 5.60 Å². The minimum atomic E-state index is -0.457. The van der Waals surface area contributed by atoms with Crippen molar-refractivity contribution < 1.29 is 9.47 Å². The van der Waals surface area contributed by atoms with E-state index in [0.29, 0.717) is 24.9 Å². The maximum atomic E-state index is 5.73. The summed E-state index contributed by atoms with van der Waals surface area (Å²) in [6.07, 6.45) is 2.37. The SMILES string of the molecule is CCc1nc(C2(OC)CCOCC2)nc(NN)c1C. The number of methoxy groups -OCH3 is 1. The number of aryl methyl sites for hydroxylation is 1. The first-order valence-corrected chi connectivity index (χ1v) is 6.64. The summed E-state index contributed by atoms with van der Waals surface area (Å²) in [7, 11) is 1.70. The average Bonchev–Trinajstić information content (AvgIpc) is 2.48. The standard InChI is InChI=1S/C13H22N4O2/c1-4-10-9(2)11(17-14)16-12(15-10)13(18-3)5-7-19-8-6-13/h4-8,14H2,1-3H3,(H,15,16,17). The van der Waals surface area contributed by atoms with E-state index in [2.05, 4.69) is 22.3 Å². The summed E-state index contributed by atoms with van der Waals surface area (Å²) in [4.78, 5) is 9.22. The second kappa shape index (κ2) is 5.81. The molecule has 6 heteroatoms. The van der Waals surface area contributed by atoms with Crippen LogP contribution in [0.5, 0.6) is 0 Å². The first-order valence-electron chi connectivity index (χ1n) is 6.64. The molecule has 0 aliphatic carbocycles. The highest BCUT2D eigenvalue weighted by Crippen LogP contribution is 2.34. The molecule has 2 heterocycles. The van der Waals surface area contributed by atoms with E-state index in [-0.39, 0.29) is 0 Å². The molecule has 0 aromatic carbocycles. The van der Waals surface area contributed by atoms with E-state index in [0.717, 1.165) is 30.5 Å². The zero-order chi connectivity index (χ0) is 13.9. The van der Waals surface area contributed by atoms with Crippen molar-refractivity contribution in [2.75, 3.05) is 25.7 Å². The molecule has 1 aliphatic heterocycles. The maximum absolute atomic E-state index is 5.73. The molecule has 6 nitrogen and oxygen atoms in total. The fraction of sp³-hybridized carbons (Fsp3) is 0.692. The van der Waals surface area contributed by atoms with Gasteiger partial charge < -0.3 is 14.9 Å². The fourth-order valence-electron chi connectivity index (χ4n) is 2.47. The number of anilines is 1. The van der Waals surface area contributed by atoms with Gasteiger partial charge in [0.25, 0.3) is 0 Å². The van der Waals surface area contributed by atoms with Crippen LogP contribution in [-0.2, 0) is 21.5 Å². The molecule has 1 saturated heterocycles. The molecule has 0 spiro atoms. The molecule has 0 radical (unpaired) electrons. The van der Waals surface area contributed by atoms with Gasteiger partial charge in [0.2, 0.25) is 0 Å². The predicted octanol–water partition coefficient (Wildman–Crippen LogP) is 1.29. The highest BCUT2D eigenvalue weighted by Gasteiger charge is 2.38. The van der Waals surface area contributed by atoms with Crippen LogP contribution in [0.3, 0.4) is 0 Å². The molecule has 1 aliphatic rings. The quantitative estimate of drug-likeness (QED) is 0.631. The summed E-state index contributed by atoms with van der Waals surface area (Å²) in [6, 6.07) is 0. The van der Waals surface area contributed by atoms with E-state index in [1.54, 1.807) is 7.11 Å². The van der Waals surface area contributed by atoms with E-state index in [1.165, 1.54) is 0 Å². The lowest BCUT2D eigenvalue weighted by atomic mass is 9.92. The van der Waals surface area contributed by atoms with Crippen molar-refractivity contribution in [3.63, 3.8) is 0 Å². The smallest absolute Gasteiger partial charge is 0.163 e. The number of hydrogen-bond acceptors (Lipinski definition) is 6. The largest absolute Gasteiger partial charge is 0.381 e. The van der Waals surface area contributed by atoms with Crippen LogP contribution in [0, 0.1) is 6.92 Å². The van der Waals surface area contributed by atoms with Gasteiger partial charge >= 0.3 is 0 Å². The van der Waals surface area contributed by atoms with Crippen molar-refractivity contribution in [1.29, 1.82) is 0 Å². The third kappa shape index (κ3) is 2.56. The predicted molar refractivity (Wildman–Crippen MR) is 72.7 cm³/mol. The highest BCUT2D eigenvalue weighted by molar-refractivity contribution is 5.45. The van der Waals surface area contributed by atoms with Crippen LogP contribution in [0.25, 0.3) is 0 Å². The lowest BCUT2D eigenvalue weighted by Crippen LogP contribution is -2.38. The fourth-order valence-corrected chi connectivity index (χ4v) is 2.47. The summed E-state index contributed by atoms with van der Waals surface area (Å²) in [5.74, 6) is 6.93. The monoisotopic (exact) mass is 266 g/mol. The molecule has 3 N–H and O–H groups in total. The van der Waals surface area contributed by atoms with Crippen LogP contribution in [0.2, 0.25) is 0 Å². The Bertz CT molecular complexity index is 419. The van der Waals surface area contributed by atoms with E-state index in [9.17, 15) is 0 Å². The van der Waals surface area contributed by atoms with Crippen LogP contribution in [0.1, 0.15) is 36.8 Å². The van der Waals surface area contributed by atoms with E-state index in [4.69, 9.17) is 15.3 Å². The Morgan fingerprint density at radius 1 is 1.37 bits per heavy atom. The van der Waals surface area contributed by atoms with Gasteiger partial charge in [0.05, 0.1) is 0 Å². The van der Waals surface area contributed by atoms with E-state index in [1.807, 2.05) is 6.92 Å². The van der Waals surface area contributed by atoms with Crippen molar-refractivity contribution in [1.82, 2.24) is 9.97 Å². The van der Waals surface area contributed by atoms with Crippen LogP contribution in [-0.4, -0.2) is 30.3 Å². The number of nitrogen functional groups attached to an aromatic ring is 1. The second-order valence-electron chi connectivity index (χ2n) is 4.78. The second-order valence-corrected chi connectivity index (χ2v) is 4.78. The Balaban J connectivity index is 2.48. The number of aromatic nitrogens is 2. The number of ether oxygens (including phenoxy) is 2. The molecule has 0 saturated carbocycles. The topological polar surface area (TPSA) is 82.3 Å². The first-order chi connectivity index (χ1) is 9.16. The van der Waals surface area contributed by atoms with Crippen molar-refractivity contribution >= 4 is 5.82 Å². The first kappa shape index (κ1) is 14.2. The number of hydrazine groups is 1. The van der Waals surface area contributed by atoms with Gasteiger partial charge in [-0.3, -0.25) is 0 Å². The summed E-state index contributed by atoms with van der Waals surface area (Å²) in [5.41, 5.74) is 4.19. The lowest BCUT2D eigenvalue weighted by molar-refractivity contribution is -0.1000. The molecule has 1 aromatic heterocycles. The number of hydrogen-bond donors (Lipinski definition) is 2. The highest BCUT2D eigenvalue weighted by atomic mass is 16.5. The summed E-state index contributed by atoms with van der Waals surface area (Å²) < 4.78 is 11.1. The number of nitrogens with zero attached hydrogens (tertiary/aromatic N) is 2. The molecular formula is C13H22N4O2. The van der Waals surface area contributed by atoms with Gasteiger partial charge in [-0.1, -0.05) is 6.92 Å². The summed E-state index contributed by atoms with van der Waals surface area (Å²) in [6.45, 7) is 5.37. The Morgan fingerprint density at radius 2 is 2.05 bits per heavy atom. The number of nitrogens with two attached hydrogens (primary N) is 1. The molecule has 19 heavy (non-hydrogen) atoms. The Labute approximate surface area is 113 Å². The van der Waals surface area contributed by atoms with E-state index >= 15 is 0 Å². The average molecular weight is 266 g/mol. The van der Waals surface area contributed by atoms with Crippen molar-refractivity contribution in [2.45, 2.75) is 38.7 Å². The van der Waals surface area contributed by atoms with Gasteiger partial charge in [-0.15, -0.1) is 0 Å². The number of rotatable bonds is 4. The molecule has 0 unspecified atom stereocenters. The molecular weight excluding hydrogens is 244 g/mol. The molecule has 0 atom stereocenters. The maximum Gasteiger partial charge on any atom is 0.163 e. The Hall–Kier alpha value is -1.24. The third-order valence-corrected chi connectivity index (χ3v) is 3.82. The number of nitrogens with one attached hydrogen (secondary N) is 1. The van der Waals surface area contributed by atoms with Crippen LogP contribution in [0.4, 0.5) is 5.82 Å². The van der Waals surface area contributed by atoms with Crippen LogP contribution < -0.4 is 11.3 Å². The molecule has 1 fully saturated rings. The zero-order valence-electron chi connectivity index (χ0n) is 11.8.